The molecule has 3 nitrogen and oxygen atoms in total. The van der Waals surface area contributed by atoms with E-state index in [4.69, 9.17) is 10.5 Å². The molecule has 1 fully saturated rings. The average molecular weight is 256 g/mol. The van der Waals surface area contributed by atoms with E-state index in [-0.39, 0.29) is 12.2 Å². The van der Waals surface area contributed by atoms with Crippen molar-refractivity contribution in [2.24, 2.45) is 0 Å². The third kappa shape index (κ3) is 2.51. The van der Waals surface area contributed by atoms with Gasteiger partial charge < -0.3 is 15.4 Å². The van der Waals surface area contributed by atoms with Crippen LogP contribution < -0.4 is 10.6 Å². The molecule has 2 aromatic carbocycles. The highest BCUT2D eigenvalue weighted by Crippen LogP contribution is 2.26. The molecule has 0 bridgehead atoms. The highest BCUT2D eigenvalue weighted by Gasteiger charge is 2.22. The molecule has 1 saturated heterocycles. The number of fused-ring (bicyclic) bond motifs is 1. The summed E-state index contributed by atoms with van der Waals surface area (Å²) in [7, 11) is 0. The van der Waals surface area contributed by atoms with Crippen molar-refractivity contribution in [3.8, 4) is 0 Å². The summed E-state index contributed by atoms with van der Waals surface area (Å²) in [6, 6.07) is 12.6. The lowest BCUT2D eigenvalue weighted by Gasteiger charge is -2.37. The van der Waals surface area contributed by atoms with Gasteiger partial charge in [-0.1, -0.05) is 12.1 Å². The molecule has 0 saturated carbocycles. The van der Waals surface area contributed by atoms with Gasteiger partial charge in [0.25, 0.3) is 0 Å². The van der Waals surface area contributed by atoms with Crippen LogP contribution in [-0.4, -0.2) is 25.3 Å². The summed E-state index contributed by atoms with van der Waals surface area (Å²) >= 11 is 0. The van der Waals surface area contributed by atoms with Gasteiger partial charge in [-0.3, -0.25) is 0 Å². The lowest BCUT2D eigenvalue weighted by molar-refractivity contribution is -0.00520. The molecule has 1 aliphatic heterocycles. The van der Waals surface area contributed by atoms with Crippen molar-refractivity contribution < 1.29 is 4.74 Å². The zero-order valence-electron chi connectivity index (χ0n) is 11.5. The van der Waals surface area contributed by atoms with Gasteiger partial charge in [-0.2, -0.15) is 0 Å². The maximum absolute atomic E-state index is 5.81. The highest BCUT2D eigenvalue weighted by molar-refractivity contribution is 5.88. The third-order valence-electron chi connectivity index (χ3n) is 3.63. The molecule has 2 N–H and O–H groups in total. The monoisotopic (exact) mass is 256 g/mol. The van der Waals surface area contributed by atoms with Crippen LogP contribution >= 0.6 is 0 Å². The number of nitrogens with two attached hydrogens (primary N) is 1. The lowest BCUT2D eigenvalue weighted by atomic mass is 10.1. The van der Waals surface area contributed by atoms with Crippen molar-refractivity contribution in [2.45, 2.75) is 26.1 Å². The topological polar surface area (TPSA) is 38.5 Å². The van der Waals surface area contributed by atoms with Gasteiger partial charge >= 0.3 is 0 Å². The summed E-state index contributed by atoms with van der Waals surface area (Å²) in [6.07, 6.45) is 0.566. The second kappa shape index (κ2) is 4.74. The van der Waals surface area contributed by atoms with Gasteiger partial charge in [-0.05, 0) is 48.9 Å². The lowest BCUT2D eigenvalue weighted by Crippen LogP contribution is -2.45. The minimum atomic E-state index is 0.283. The standard InChI is InChI=1S/C16H20N2O/c1-11-9-18(10-12(2)19-11)16-6-4-13-7-15(17)5-3-14(13)8-16/h3-8,11-12H,9-10,17H2,1-2H3. The molecule has 2 aromatic rings. The Kier molecular flexibility index (Phi) is 3.07. The summed E-state index contributed by atoms with van der Waals surface area (Å²) in [4.78, 5) is 2.40. The number of anilines is 2. The summed E-state index contributed by atoms with van der Waals surface area (Å²) in [6.45, 7) is 6.16. The third-order valence-corrected chi connectivity index (χ3v) is 3.63. The number of nitrogen functional groups attached to an aromatic ring is 1. The molecule has 3 heteroatoms. The van der Waals surface area contributed by atoms with Gasteiger partial charge in [0.1, 0.15) is 0 Å². The Morgan fingerprint density at radius 2 is 1.63 bits per heavy atom. The molecular weight excluding hydrogens is 236 g/mol. The fourth-order valence-corrected chi connectivity index (χ4v) is 2.84. The number of ether oxygens (including phenoxy) is 1. The number of morpholine rings is 1. The fourth-order valence-electron chi connectivity index (χ4n) is 2.84. The van der Waals surface area contributed by atoms with Crippen molar-refractivity contribution in [3.05, 3.63) is 36.4 Å². The predicted molar refractivity (Wildman–Crippen MR) is 80.6 cm³/mol. The molecular formula is C16H20N2O. The van der Waals surface area contributed by atoms with E-state index in [1.807, 2.05) is 12.1 Å². The van der Waals surface area contributed by atoms with E-state index in [0.717, 1.165) is 18.8 Å². The van der Waals surface area contributed by atoms with Crippen LogP contribution in [-0.2, 0) is 4.74 Å². The van der Waals surface area contributed by atoms with Crippen LogP contribution in [0.25, 0.3) is 10.8 Å². The smallest absolute Gasteiger partial charge is 0.0726 e. The summed E-state index contributed by atoms with van der Waals surface area (Å²) in [5.74, 6) is 0. The Balaban J connectivity index is 1.94. The Hall–Kier alpha value is -1.74. The van der Waals surface area contributed by atoms with Crippen LogP contribution in [0, 0.1) is 0 Å². The number of hydrogen-bond acceptors (Lipinski definition) is 3. The van der Waals surface area contributed by atoms with Gasteiger partial charge in [0.2, 0.25) is 0 Å². The van der Waals surface area contributed by atoms with Gasteiger partial charge in [-0.25, -0.2) is 0 Å². The van der Waals surface area contributed by atoms with Crippen molar-refractivity contribution in [3.63, 3.8) is 0 Å². The van der Waals surface area contributed by atoms with E-state index in [1.54, 1.807) is 0 Å². The second-order valence-corrected chi connectivity index (χ2v) is 5.45. The normalized spacial score (nSPS) is 23.8. The number of benzene rings is 2. The number of rotatable bonds is 1. The molecule has 2 unspecified atom stereocenters. The van der Waals surface area contributed by atoms with Crippen LogP contribution in [0.3, 0.4) is 0 Å². The van der Waals surface area contributed by atoms with E-state index in [9.17, 15) is 0 Å². The largest absolute Gasteiger partial charge is 0.399 e. The Bertz CT molecular complexity index is 586. The zero-order chi connectivity index (χ0) is 13.4. The van der Waals surface area contributed by atoms with Crippen LogP contribution in [0.5, 0.6) is 0 Å². The molecule has 100 valence electrons. The van der Waals surface area contributed by atoms with E-state index < -0.39 is 0 Å². The first-order valence-corrected chi connectivity index (χ1v) is 6.81. The van der Waals surface area contributed by atoms with Crippen LogP contribution in [0.1, 0.15) is 13.8 Å². The zero-order valence-corrected chi connectivity index (χ0v) is 11.5. The minimum absolute atomic E-state index is 0.283. The molecule has 3 rings (SSSR count). The van der Waals surface area contributed by atoms with Gasteiger partial charge in [0.05, 0.1) is 12.2 Å². The van der Waals surface area contributed by atoms with E-state index in [2.05, 4.69) is 43.0 Å². The fraction of sp³-hybridized carbons (Fsp3) is 0.375. The average Bonchev–Trinajstić information content (AvgIpc) is 2.37. The van der Waals surface area contributed by atoms with E-state index in [0.29, 0.717) is 0 Å². The maximum Gasteiger partial charge on any atom is 0.0726 e. The van der Waals surface area contributed by atoms with Crippen molar-refractivity contribution >= 4 is 22.1 Å². The first-order valence-electron chi connectivity index (χ1n) is 6.81. The van der Waals surface area contributed by atoms with Crippen LogP contribution in [0.2, 0.25) is 0 Å². The van der Waals surface area contributed by atoms with Gasteiger partial charge in [0.15, 0.2) is 0 Å². The number of hydrogen-bond donors (Lipinski definition) is 1. The molecule has 0 radical (unpaired) electrons. The van der Waals surface area contributed by atoms with Crippen molar-refractivity contribution in [1.29, 1.82) is 0 Å². The molecule has 2 atom stereocenters. The minimum Gasteiger partial charge on any atom is -0.399 e. The Morgan fingerprint density at radius 3 is 2.37 bits per heavy atom. The second-order valence-electron chi connectivity index (χ2n) is 5.45. The summed E-state index contributed by atoms with van der Waals surface area (Å²) < 4.78 is 5.78. The van der Waals surface area contributed by atoms with Gasteiger partial charge in [0, 0.05) is 24.5 Å². The predicted octanol–water partition coefficient (Wildman–Crippen LogP) is 3.04. The summed E-state index contributed by atoms with van der Waals surface area (Å²) in [5, 5.41) is 2.43. The maximum atomic E-state index is 5.81. The molecule has 0 aliphatic carbocycles. The first-order chi connectivity index (χ1) is 9.11. The molecule has 1 heterocycles. The molecule has 0 amide bonds. The highest BCUT2D eigenvalue weighted by atomic mass is 16.5. The SMILES string of the molecule is CC1CN(c2ccc3cc(N)ccc3c2)CC(C)O1. The molecule has 19 heavy (non-hydrogen) atoms. The first kappa shape index (κ1) is 12.3. The summed E-state index contributed by atoms with van der Waals surface area (Å²) in [5.41, 5.74) is 7.89. The van der Waals surface area contributed by atoms with Crippen LogP contribution in [0.15, 0.2) is 36.4 Å². The number of nitrogens with zero attached hydrogens (tertiary/aromatic N) is 1. The Morgan fingerprint density at radius 1 is 1.00 bits per heavy atom. The van der Waals surface area contributed by atoms with E-state index in [1.165, 1.54) is 16.5 Å². The molecule has 1 aliphatic rings. The molecule has 0 spiro atoms. The van der Waals surface area contributed by atoms with E-state index >= 15 is 0 Å². The van der Waals surface area contributed by atoms with Gasteiger partial charge in [-0.15, -0.1) is 0 Å². The van der Waals surface area contributed by atoms with Crippen LogP contribution in [0.4, 0.5) is 11.4 Å². The van der Waals surface area contributed by atoms with Crippen molar-refractivity contribution in [1.82, 2.24) is 0 Å². The quantitative estimate of drug-likeness (QED) is 0.797. The van der Waals surface area contributed by atoms with Crippen molar-refractivity contribution in [2.75, 3.05) is 23.7 Å². The Labute approximate surface area is 114 Å². The molecule has 0 aromatic heterocycles.